The van der Waals surface area contributed by atoms with Crippen LogP contribution in [0, 0.1) is 0 Å². The standard InChI is InChI=1S/C10H19ClO/c1-12-10(8-5-9-11)6-3-2-4-7-10/h2-9H2,1H3. The second-order valence-electron chi connectivity index (χ2n) is 3.74. The summed E-state index contributed by atoms with van der Waals surface area (Å²) in [6.07, 6.45) is 8.75. The third-order valence-electron chi connectivity index (χ3n) is 2.96. The van der Waals surface area contributed by atoms with E-state index >= 15 is 0 Å². The molecule has 0 spiro atoms. The third kappa shape index (κ3) is 2.63. The molecule has 1 rings (SSSR count). The van der Waals surface area contributed by atoms with Gasteiger partial charge in [0.15, 0.2) is 0 Å². The van der Waals surface area contributed by atoms with Gasteiger partial charge in [0.05, 0.1) is 5.60 Å². The largest absolute Gasteiger partial charge is 0.378 e. The lowest BCUT2D eigenvalue weighted by Crippen LogP contribution is -2.33. The van der Waals surface area contributed by atoms with E-state index in [0.717, 1.165) is 18.7 Å². The predicted molar refractivity (Wildman–Crippen MR) is 52.8 cm³/mol. The second-order valence-corrected chi connectivity index (χ2v) is 4.12. The molecule has 72 valence electrons. The van der Waals surface area contributed by atoms with Crippen molar-refractivity contribution in [2.24, 2.45) is 0 Å². The van der Waals surface area contributed by atoms with Crippen LogP contribution in [0.3, 0.4) is 0 Å². The van der Waals surface area contributed by atoms with E-state index in [2.05, 4.69) is 0 Å². The summed E-state index contributed by atoms with van der Waals surface area (Å²) in [6, 6.07) is 0. The Kier molecular flexibility index (Phi) is 4.38. The summed E-state index contributed by atoms with van der Waals surface area (Å²) in [7, 11) is 1.85. The summed E-state index contributed by atoms with van der Waals surface area (Å²) in [5, 5.41) is 0. The minimum atomic E-state index is 0.188. The minimum absolute atomic E-state index is 0.188. The smallest absolute Gasteiger partial charge is 0.0679 e. The van der Waals surface area contributed by atoms with E-state index in [9.17, 15) is 0 Å². The number of hydrogen-bond acceptors (Lipinski definition) is 1. The van der Waals surface area contributed by atoms with Crippen LogP contribution in [-0.2, 0) is 4.74 Å². The lowest BCUT2D eigenvalue weighted by atomic mass is 9.81. The molecular formula is C10H19ClO. The van der Waals surface area contributed by atoms with Gasteiger partial charge in [-0.05, 0) is 25.7 Å². The first-order chi connectivity index (χ1) is 5.83. The zero-order valence-electron chi connectivity index (χ0n) is 7.94. The van der Waals surface area contributed by atoms with E-state index in [4.69, 9.17) is 16.3 Å². The zero-order valence-corrected chi connectivity index (χ0v) is 8.70. The lowest BCUT2D eigenvalue weighted by Gasteiger charge is -2.36. The molecule has 0 aromatic heterocycles. The topological polar surface area (TPSA) is 9.23 Å². The number of halogens is 1. The van der Waals surface area contributed by atoms with Gasteiger partial charge in [0, 0.05) is 13.0 Å². The van der Waals surface area contributed by atoms with E-state index < -0.39 is 0 Å². The highest BCUT2D eigenvalue weighted by Crippen LogP contribution is 2.34. The van der Waals surface area contributed by atoms with Crippen LogP contribution >= 0.6 is 11.6 Å². The summed E-state index contributed by atoms with van der Waals surface area (Å²) < 4.78 is 5.62. The number of alkyl halides is 1. The van der Waals surface area contributed by atoms with Gasteiger partial charge in [0.1, 0.15) is 0 Å². The molecule has 1 fully saturated rings. The normalized spacial score (nSPS) is 22.5. The van der Waals surface area contributed by atoms with Crippen molar-refractivity contribution in [2.75, 3.05) is 13.0 Å². The first kappa shape index (κ1) is 10.3. The van der Waals surface area contributed by atoms with Gasteiger partial charge in [-0.1, -0.05) is 19.3 Å². The number of methoxy groups -OCH3 is 1. The van der Waals surface area contributed by atoms with Crippen molar-refractivity contribution in [3.8, 4) is 0 Å². The lowest BCUT2D eigenvalue weighted by molar-refractivity contribution is -0.0457. The van der Waals surface area contributed by atoms with Crippen LogP contribution in [0.25, 0.3) is 0 Å². The number of ether oxygens (including phenoxy) is 1. The highest BCUT2D eigenvalue weighted by Gasteiger charge is 2.30. The zero-order chi connectivity index (χ0) is 8.86. The molecule has 0 atom stereocenters. The van der Waals surface area contributed by atoms with Crippen molar-refractivity contribution in [1.29, 1.82) is 0 Å². The van der Waals surface area contributed by atoms with Crippen LogP contribution in [0.1, 0.15) is 44.9 Å². The second kappa shape index (κ2) is 5.08. The Morgan fingerprint density at radius 2 is 1.92 bits per heavy atom. The molecule has 0 amide bonds. The van der Waals surface area contributed by atoms with Gasteiger partial charge in [-0.25, -0.2) is 0 Å². The van der Waals surface area contributed by atoms with Crippen molar-refractivity contribution in [3.05, 3.63) is 0 Å². The van der Waals surface area contributed by atoms with Gasteiger partial charge in [-0.15, -0.1) is 11.6 Å². The van der Waals surface area contributed by atoms with Crippen molar-refractivity contribution in [2.45, 2.75) is 50.5 Å². The molecule has 0 aliphatic heterocycles. The molecule has 1 aliphatic carbocycles. The fourth-order valence-electron chi connectivity index (χ4n) is 2.14. The average Bonchev–Trinajstić information content (AvgIpc) is 2.16. The predicted octanol–water partition coefficient (Wildman–Crippen LogP) is 3.35. The molecule has 0 N–H and O–H groups in total. The van der Waals surface area contributed by atoms with Crippen molar-refractivity contribution < 1.29 is 4.74 Å². The molecule has 0 heterocycles. The summed E-state index contributed by atoms with van der Waals surface area (Å²) >= 11 is 5.68. The maximum Gasteiger partial charge on any atom is 0.0679 e. The first-order valence-electron chi connectivity index (χ1n) is 4.94. The highest BCUT2D eigenvalue weighted by atomic mass is 35.5. The molecule has 0 bridgehead atoms. The SMILES string of the molecule is COC1(CCCCl)CCCCC1. The van der Waals surface area contributed by atoms with Crippen LogP contribution in [0.15, 0.2) is 0 Å². The Morgan fingerprint density at radius 3 is 2.42 bits per heavy atom. The van der Waals surface area contributed by atoms with Gasteiger partial charge < -0.3 is 4.74 Å². The van der Waals surface area contributed by atoms with Gasteiger partial charge >= 0.3 is 0 Å². The molecule has 0 radical (unpaired) electrons. The molecule has 1 saturated carbocycles. The molecule has 0 saturated heterocycles. The maximum absolute atomic E-state index is 5.68. The molecule has 1 aliphatic rings. The van der Waals surface area contributed by atoms with Crippen LogP contribution < -0.4 is 0 Å². The number of rotatable bonds is 4. The highest BCUT2D eigenvalue weighted by molar-refractivity contribution is 6.17. The van der Waals surface area contributed by atoms with Gasteiger partial charge in [0.25, 0.3) is 0 Å². The van der Waals surface area contributed by atoms with Crippen molar-refractivity contribution in [1.82, 2.24) is 0 Å². The van der Waals surface area contributed by atoms with E-state index in [1.54, 1.807) is 0 Å². The third-order valence-corrected chi connectivity index (χ3v) is 3.23. The minimum Gasteiger partial charge on any atom is -0.378 e. The maximum atomic E-state index is 5.68. The molecule has 12 heavy (non-hydrogen) atoms. The Bertz CT molecular complexity index is 119. The molecule has 1 nitrogen and oxygen atoms in total. The van der Waals surface area contributed by atoms with E-state index in [1.807, 2.05) is 7.11 Å². The first-order valence-corrected chi connectivity index (χ1v) is 5.47. The molecule has 0 aromatic rings. The van der Waals surface area contributed by atoms with Crippen LogP contribution in [0.2, 0.25) is 0 Å². The van der Waals surface area contributed by atoms with Crippen molar-refractivity contribution in [3.63, 3.8) is 0 Å². The molecular weight excluding hydrogens is 172 g/mol. The fourth-order valence-corrected chi connectivity index (χ4v) is 2.27. The summed E-state index contributed by atoms with van der Waals surface area (Å²) in [5.41, 5.74) is 0.188. The average molecular weight is 191 g/mol. The fraction of sp³-hybridized carbons (Fsp3) is 1.00. The summed E-state index contributed by atoms with van der Waals surface area (Å²) in [6.45, 7) is 0. The Hall–Kier alpha value is 0.250. The molecule has 2 heteroatoms. The summed E-state index contributed by atoms with van der Waals surface area (Å²) in [4.78, 5) is 0. The van der Waals surface area contributed by atoms with Crippen LogP contribution in [-0.4, -0.2) is 18.6 Å². The van der Waals surface area contributed by atoms with E-state index in [0.29, 0.717) is 0 Å². The van der Waals surface area contributed by atoms with Crippen LogP contribution in [0.4, 0.5) is 0 Å². The molecule has 0 unspecified atom stereocenters. The monoisotopic (exact) mass is 190 g/mol. The Balaban J connectivity index is 2.37. The van der Waals surface area contributed by atoms with Gasteiger partial charge in [0.2, 0.25) is 0 Å². The Morgan fingerprint density at radius 1 is 1.25 bits per heavy atom. The van der Waals surface area contributed by atoms with Gasteiger partial charge in [-0.3, -0.25) is 0 Å². The van der Waals surface area contributed by atoms with Crippen LogP contribution in [0.5, 0.6) is 0 Å². The van der Waals surface area contributed by atoms with E-state index in [1.165, 1.54) is 32.1 Å². The van der Waals surface area contributed by atoms with Crippen molar-refractivity contribution >= 4 is 11.6 Å². The molecule has 0 aromatic carbocycles. The summed E-state index contributed by atoms with van der Waals surface area (Å²) in [5.74, 6) is 0.769. The Labute approximate surface area is 80.4 Å². The quantitative estimate of drug-likeness (QED) is 0.618. The van der Waals surface area contributed by atoms with Gasteiger partial charge in [-0.2, -0.15) is 0 Å². The number of hydrogen-bond donors (Lipinski definition) is 0. The van der Waals surface area contributed by atoms with E-state index in [-0.39, 0.29) is 5.60 Å².